The molecule has 1 heterocycles. The lowest BCUT2D eigenvalue weighted by atomic mass is 9.94. The Morgan fingerprint density at radius 2 is 2.21 bits per heavy atom. The Bertz CT molecular complexity index is 354. The number of aromatic nitrogens is 2. The highest BCUT2D eigenvalue weighted by Crippen LogP contribution is 2.25. The van der Waals surface area contributed by atoms with Crippen LogP contribution in [0.2, 0.25) is 0 Å². The summed E-state index contributed by atoms with van der Waals surface area (Å²) < 4.78 is 1.90. The Balaban J connectivity index is 2.28. The van der Waals surface area contributed by atoms with Crippen molar-refractivity contribution in [2.24, 2.45) is 0 Å². The van der Waals surface area contributed by atoms with Crippen LogP contribution in [-0.4, -0.2) is 15.6 Å². The van der Waals surface area contributed by atoms with Crippen LogP contribution in [0.1, 0.15) is 43.1 Å². The molecule has 0 aromatic carbocycles. The highest BCUT2D eigenvalue weighted by molar-refractivity contribution is 5.83. The predicted octanol–water partition coefficient (Wildman–Crippen LogP) is 2.18. The van der Waals surface area contributed by atoms with Crippen molar-refractivity contribution in [2.45, 2.75) is 45.6 Å². The average Bonchev–Trinajstić information content (AvgIpc) is 2.46. The first-order valence-electron chi connectivity index (χ1n) is 5.24. The molecule has 3 nitrogen and oxygen atoms in total. The lowest BCUT2D eigenvalue weighted by Crippen LogP contribution is -2.24. The number of hydrogen-bond donors (Lipinski definition) is 0. The summed E-state index contributed by atoms with van der Waals surface area (Å²) >= 11 is 0. The molecule has 3 heteroatoms. The van der Waals surface area contributed by atoms with Crippen LogP contribution in [0.5, 0.6) is 0 Å². The maximum Gasteiger partial charge on any atom is 0.157 e. The molecular formula is C11H16N2O. The van der Waals surface area contributed by atoms with Crippen LogP contribution in [0.25, 0.3) is 0 Å². The summed E-state index contributed by atoms with van der Waals surface area (Å²) in [5.41, 5.74) is 2.10. The minimum atomic E-state index is 0.0115. The van der Waals surface area contributed by atoms with E-state index in [1.54, 1.807) is 0 Å². The van der Waals surface area contributed by atoms with Gasteiger partial charge in [0.15, 0.2) is 5.78 Å². The van der Waals surface area contributed by atoms with Crippen LogP contribution in [0, 0.1) is 13.8 Å². The van der Waals surface area contributed by atoms with Crippen molar-refractivity contribution in [2.75, 3.05) is 0 Å². The molecule has 2 rings (SSSR count). The zero-order valence-electron chi connectivity index (χ0n) is 8.79. The molecule has 0 N–H and O–H groups in total. The van der Waals surface area contributed by atoms with Gasteiger partial charge in [-0.25, -0.2) is 0 Å². The molecule has 0 spiro atoms. The first-order valence-corrected chi connectivity index (χ1v) is 5.24. The molecule has 0 amide bonds. The molecule has 1 saturated carbocycles. The zero-order valence-corrected chi connectivity index (χ0v) is 8.79. The summed E-state index contributed by atoms with van der Waals surface area (Å²) in [6.07, 6.45) is 3.88. The van der Waals surface area contributed by atoms with Crippen molar-refractivity contribution in [3.05, 3.63) is 17.5 Å². The number of rotatable bonds is 1. The molecule has 1 aromatic heterocycles. The van der Waals surface area contributed by atoms with Gasteiger partial charge in [0.05, 0.1) is 5.69 Å². The van der Waals surface area contributed by atoms with E-state index in [1.165, 1.54) is 0 Å². The highest BCUT2D eigenvalue weighted by atomic mass is 16.1. The molecule has 1 unspecified atom stereocenters. The van der Waals surface area contributed by atoms with Crippen molar-refractivity contribution in [1.82, 2.24) is 9.78 Å². The molecule has 1 atom stereocenters. The van der Waals surface area contributed by atoms with Crippen LogP contribution in [0.4, 0.5) is 0 Å². The summed E-state index contributed by atoms with van der Waals surface area (Å²) in [4.78, 5) is 11.7. The fourth-order valence-electron chi connectivity index (χ4n) is 2.18. The fourth-order valence-corrected chi connectivity index (χ4v) is 2.18. The van der Waals surface area contributed by atoms with Crippen molar-refractivity contribution in [3.8, 4) is 0 Å². The number of aryl methyl sites for hydroxylation is 2. The van der Waals surface area contributed by atoms with Gasteiger partial charge < -0.3 is 0 Å². The van der Waals surface area contributed by atoms with E-state index in [4.69, 9.17) is 0 Å². The molecule has 0 bridgehead atoms. The number of hydrogen-bond acceptors (Lipinski definition) is 2. The van der Waals surface area contributed by atoms with Crippen LogP contribution < -0.4 is 0 Å². The Hall–Kier alpha value is -1.12. The SMILES string of the molecule is Cc1cc(C)n(C2CCCCC2=O)n1. The second-order valence-corrected chi connectivity index (χ2v) is 4.10. The summed E-state index contributed by atoms with van der Waals surface area (Å²) in [5.74, 6) is 0.349. The topological polar surface area (TPSA) is 34.9 Å². The smallest absolute Gasteiger partial charge is 0.157 e. The molecule has 14 heavy (non-hydrogen) atoms. The van der Waals surface area contributed by atoms with E-state index in [-0.39, 0.29) is 6.04 Å². The molecule has 1 aliphatic rings. The second-order valence-electron chi connectivity index (χ2n) is 4.10. The van der Waals surface area contributed by atoms with Gasteiger partial charge in [-0.05, 0) is 32.8 Å². The molecule has 1 fully saturated rings. The molecule has 1 aliphatic carbocycles. The van der Waals surface area contributed by atoms with Gasteiger partial charge in [-0.3, -0.25) is 9.48 Å². The summed E-state index contributed by atoms with van der Waals surface area (Å²) in [7, 11) is 0. The van der Waals surface area contributed by atoms with Gasteiger partial charge in [0.2, 0.25) is 0 Å². The average molecular weight is 192 g/mol. The summed E-state index contributed by atoms with van der Waals surface area (Å²) in [5, 5.41) is 4.38. The van der Waals surface area contributed by atoms with Gasteiger partial charge in [0.25, 0.3) is 0 Å². The van der Waals surface area contributed by atoms with Crippen molar-refractivity contribution < 1.29 is 4.79 Å². The Labute approximate surface area is 84.1 Å². The molecule has 1 aromatic rings. The standard InChI is InChI=1S/C11H16N2O/c1-8-7-9(2)13(12-8)10-5-3-4-6-11(10)14/h7,10H,3-6H2,1-2H3. The van der Waals surface area contributed by atoms with Gasteiger partial charge in [-0.1, -0.05) is 6.42 Å². The fraction of sp³-hybridized carbons (Fsp3) is 0.636. The van der Waals surface area contributed by atoms with E-state index in [2.05, 4.69) is 5.10 Å². The molecule has 0 aliphatic heterocycles. The highest BCUT2D eigenvalue weighted by Gasteiger charge is 2.25. The van der Waals surface area contributed by atoms with Crippen LogP contribution in [0.15, 0.2) is 6.07 Å². The van der Waals surface area contributed by atoms with E-state index in [0.29, 0.717) is 5.78 Å². The van der Waals surface area contributed by atoms with Gasteiger partial charge in [-0.15, -0.1) is 0 Å². The molecule has 0 radical (unpaired) electrons. The second kappa shape index (κ2) is 3.56. The maximum absolute atomic E-state index is 11.7. The van der Waals surface area contributed by atoms with Crippen molar-refractivity contribution in [1.29, 1.82) is 0 Å². The Morgan fingerprint density at radius 3 is 2.79 bits per heavy atom. The quantitative estimate of drug-likeness (QED) is 0.683. The monoisotopic (exact) mass is 192 g/mol. The third kappa shape index (κ3) is 1.59. The Kier molecular flexibility index (Phi) is 2.40. The number of ketones is 1. The van der Waals surface area contributed by atoms with E-state index in [1.807, 2.05) is 24.6 Å². The lowest BCUT2D eigenvalue weighted by molar-refractivity contribution is -0.124. The third-order valence-electron chi connectivity index (χ3n) is 2.86. The van der Waals surface area contributed by atoms with Gasteiger partial charge >= 0.3 is 0 Å². The minimum absolute atomic E-state index is 0.0115. The van der Waals surface area contributed by atoms with E-state index in [9.17, 15) is 4.79 Å². The van der Waals surface area contributed by atoms with E-state index in [0.717, 1.165) is 37.1 Å². The molecule has 76 valence electrons. The van der Waals surface area contributed by atoms with Gasteiger partial charge in [-0.2, -0.15) is 5.10 Å². The van der Waals surface area contributed by atoms with Crippen LogP contribution >= 0.6 is 0 Å². The minimum Gasteiger partial charge on any atom is -0.297 e. The van der Waals surface area contributed by atoms with Crippen LogP contribution in [0.3, 0.4) is 0 Å². The maximum atomic E-state index is 11.7. The molecular weight excluding hydrogens is 176 g/mol. The van der Waals surface area contributed by atoms with Crippen molar-refractivity contribution in [3.63, 3.8) is 0 Å². The zero-order chi connectivity index (χ0) is 10.1. The third-order valence-corrected chi connectivity index (χ3v) is 2.86. The van der Waals surface area contributed by atoms with Gasteiger partial charge in [0.1, 0.15) is 6.04 Å². The van der Waals surface area contributed by atoms with E-state index >= 15 is 0 Å². The first-order chi connectivity index (χ1) is 6.68. The lowest BCUT2D eigenvalue weighted by Gasteiger charge is -2.21. The normalized spacial score (nSPS) is 22.7. The predicted molar refractivity (Wildman–Crippen MR) is 54.2 cm³/mol. The number of nitrogens with zero attached hydrogens (tertiary/aromatic N) is 2. The number of Topliss-reactive ketones (excluding diaryl/α,β-unsaturated/α-hetero) is 1. The molecule has 0 saturated heterocycles. The van der Waals surface area contributed by atoms with E-state index < -0.39 is 0 Å². The largest absolute Gasteiger partial charge is 0.297 e. The number of carbonyl (C=O) groups excluding carboxylic acids is 1. The number of carbonyl (C=O) groups is 1. The summed E-state index contributed by atoms with van der Waals surface area (Å²) in [6, 6.07) is 2.04. The Morgan fingerprint density at radius 1 is 1.43 bits per heavy atom. The van der Waals surface area contributed by atoms with Gasteiger partial charge in [0, 0.05) is 12.1 Å². The van der Waals surface area contributed by atoms with Crippen molar-refractivity contribution >= 4 is 5.78 Å². The summed E-state index contributed by atoms with van der Waals surface area (Å²) in [6.45, 7) is 3.98. The van der Waals surface area contributed by atoms with Crippen LogP contribution in [-0.2, 0) is 4.79 Å². The first kappa shape index (κ1) is 9.44.